The Morgan fingerprint density at radius 2 is 1.95 bits per heavy atom. The summed E-state index contributed by atoms with van der Waals surface area (Å²) in [4.78, 5) is 0.0582. The van der Waals surface area contributed by atoms with Gasteiger partial charge in [0.1, 0.15) is 0 Å². The van der Waals surface area contributed by atoms with Crippen molar-refractivity contribution in [3.8, 4) is 0 Å². The minimum absolute atomic E-state index is 0.0582. The Morgan fingerprint density at radius 1 is 1.32 bits per heavy atom. The first-order valence-electron chi connectivity index (χ1n) is 6.12. The number of alkyl halides is 2. The summed E-state index contributed by atoms with van der Waals surface area (Å²) in [5, 5.41) is 0. The first-order valence-corrected chi connectivity index (χ1v) is 7.53. The molecule has 6 heteroatoms. The molecule has 1 fully saturated rings. The van der Waals surface area contributed by atoms with Crippen molar-refractivity contribution in [2.45, 2.75) is 37.0 Å². The number of benzene rings is 1. The normalized spacial score (nSPS) is 22.6. The Labute approximate surface area is 111 Å². The summed E-state index contributed by atoms with van der Waals surface area (Å²) < 4.78 is 54.5. The predicted molar refractivity (Wildman–Crippen MR) is 66.6 cm³/mol. The number of hydrogen-bond acceptors (Lipinski definition) is 3. The maximum absolute atomic E-state index is 13.0. The molecule has 0 radical (unpaired) electrons. The van der Waals surface area contributed by atoms with Crippen molar-refractivity contribution >= 4 is 10.1 Å². The molecule has 1 aliphatic carbocycles. The van der Waals surface area contributed by atoms with Gasteiger partial charge in [-0.15, -0.1) is 0 Å². The molecule has 2 rings (SSSR count). The molecular formula is C13H16F2O3S. The molecule has 1 atom stereocenters. The van der Waals surface area contributed by atoms with Crippen molar-refractivity contribution in [1.29, 1.82) is 0 Å². The molecule has 3 nitrogen and oxygen atoms in total. The third-order valence-electron chi connectivity index (χ3n) is 3.27. The van der Waals surface area contributed by atoms with Crippen molar-refractivity contribution in [2.75, 3.05) is 6.61 Å². The van der Waals surface area contributed by atoms with Crippen LogP contribution in [0.25, 0.3) is 0 Å². The average molecular weight is 290 g/mol. The molecule has 1 saturated carbocycles. The minimum Gasteiger partial charge on any atom is -0.266 e. The molecule has 19 heavy (non-hydrogen) atoms. The van der Waals surface area contributed by atoms with E-state index in [-0.39, 0.29) is 24.3 Å². The fourth-order valence-corrected chi connectivity index (χ4v) is 3.12. The smallest absolute Gasteiger partial charge is 0.266 e. The highest BCUT2D eigenvalue weighted by molar-refractivity contribution is 7.86. The third-order valence-corrected chi connectivity index (χ3v) is 4.57. The van der Waals surface area contributed by atoms with Crippen LogP contribution < -0.4 is 0 Å². The van der Waals surface area contributed by atoms with Gasteiger partial charge in [0.2, 0.25) is 5.92 Å². The van der Waals surface area contributed by atoms with Crippen LogP contribution in [0.2, 0.25) is 0 Å². The van der Waals surface area contributed by atoms with Crippen molar-refractivity contribution in [2.24, 2.45) is 5.92 Å². The second-order valence-electron chi connectivity index (χ2n) is 5.02. The lowest BCUT2D eigenvalue weighted by atomic mass is 10.1. The third kappa shape index (κ3) is 3.73. The lowest BCUT2D eigenvalue weighted by Gasteiger charge is -2.11. The Morgan fingerprint density at radius 3 is 2.47 bits per heavy atom. The van der Waals surface area contributed by atoms with Gasteiger partial charge in [0.15, 0.2) is 0 Å². The lowest BCUT2D eigenvalue weighted by Crippen LogP contribution is -2.15. The van der Waals surface area contributed by atoms with Gasteiger partial charge in [-0.25, -0.2) is 8.78 Å². The van der Waals surface area contributed by atoms with E-state index < -0.39 is 22.0 Å². The van der Waals surface area contributed by atoms with Crippen LogP contribution in [0, 0.1) is 12.8 Å². The van der Waals surface area contributed by atoms with Gasteiger partial charge >= 0.3 is 0 Å². The Hall–Kier alpha value is -1.01. The molecule has 0 saturated heterocycles. The predicted octanol–water partition coefficient (Wildman–Crippen LogP) is 3.14. The summed E-state index contributed by atoms with van der Waals surface area (Å²) in [6, 6.07) is 6.24. The molecule has 106 valence electrons. The zero-order valence-corrected chi connectivity index (χ0v) is 11.4. The molecule has 0 N–H and O–H groups in total. The highest BCUT2D eigenvalue weighted by Crippen LogP contribution is 2.39. The molecule has 1 aliphatic rings. The van der Waals surface area contributed by atoms with Gasteiger partial charge < -0.3 is 0 Å². The lowest BCUT2D eigenvalue weighted by molar-refractivity contribution is 0.00300. The first-order chi connectivity index (χ1) is 8.78. The van der Waals surface area contributed by atoms with Crippen molar-refractivity contribution in [3.63, 3.8) is 0 Å². The van der Waals surface area contributed by atoms with E-state index in [1.54, 1.807) is 12.1 Å². The van der Waals surface area contributed by atoms with Gasteiger partial charge in [0, 0.05) is 12.8 Å². The van der Waals surface area contributed by atoms with Crippen LogP contribution in [-0.2, 0) is 14.3 Å². The zero-order chi connectivity index (χ0) is 14.1. The maximum atomic E-state index is 13.0. The van der Waals surface area contributed by atoms with Crippen LogP contribution in [0.1, 0.15) is 24.8 Å². The standard InChI is InChI=1S/C13H16F2O3S/c1-10-2-4-12(5-3-10)19(16,17)18-9-11-6-7-13(14,15)8-11/h2-5,11H,6-9H2,1H3. The highest BCUT2D eigenvalue weighted by Gasteiger charge is 2.39. The van der Waals surface area contributed by atoms with Gasteiger partial charge in [0.05, 0.1) is 11.5 Å². The van der Waals surface area contributed by atoms with Gasteiger partial charge in [-0.1, -0.05) is 17.7 Å². The fraction of sp³-hybridized carbons (Fsp3) is 0.538. The van der Waals surface area contributed by atoms with Crippen molar-refractivity contribution < 1.29 is 21.4 Å². The summed E-state index contributed by atoms with van der Waals surface area (Å²) in [5.74, 6) is -3.07. The van der Waals surface area contributed by atoms with E-state index in [2.05, 4.69) is 0 Å². The Bertz CT molecular complexity index is 538. The largest absolute Gasteiger partial charge is 0.296 e. The van der Waals surface area contributed by atoms with E-state index >= 15 is 0 Å². The minimum atomic E-state index is -3.85. The second-order valence-corrected chi connectivity index (χ2v) is 6.63. The maximum Gasteiger partial charge on any atom is 0.296 e. The van der Waals surface area contributed by atoms with Crippen molar-refractivity contribution in [3.05, 3.63) is 29.8 Å². The first kappa shape index (κ1) is 14.4. The second kappa shape index (κ2) is 5.17. The number of halogens is 2. The van der Waals surface area contributed by atoms with Gasteiger partial charge in [-0.05, 0) is 31.4 Å². The molecule has 0 aliphatic heterocycles. The Kier molecular flexibility index (Phi) is 3.92. The van der Waals surface area contributed by atoms with Gasteiger partial charge in [-0.3, -0.25) is 4.18 Å². The van der Waals surface area contributed by atoms with E-state index in [9.17, 15) is 17.2 Å². The molecular weight excluding hydrogens is 274 g/mol. The SMILES string of the molecule is Cc1ccc(S(=O)(=O)OCC2CCC(F)(F)C2)cc1. The topological polar surface area (TPSA) is 43.4 Å². The fourth-order valence-electron chi connectivity index (χ4n) is 2.14. The molecule has 0 aromatic heterocycles. The summed E-state index contributed by atoms with van der Waals surface area (Å²) >= 11 is 0. The number of aryl methyl sites for hydroxylation is 1. The van der Waals surface area contributed by atoms with E-state index in [1.807, 2.05) is 6.92 Å². The van der Waals surface area contributed by atoms with Gasteiger partial charge in [-0.2, -0.15) is 8.42 Å². The summed E-state index contributed by atoms with van der Waals surface area (Å²) in [6.45, 7) is 1.67. The number of hydrogen-bond donors (Lipinski definition) is 0. The monoisotopic (exact) mass is 290 g/mol. The van der Waals surface area contributed by atoms with E-state index in [4.69, 9.17) is 4.18 Å². The summed E-state index contributed by atoms with van der Waals surface area (Å²) in [6.07, 6.45) is -0.182. The van der Waals surface area contributed by atoms with Crippen LogP contribution in [0.15, 0.2) is 29.2 Å². The van der Waals surface area contributed by atoms with Crippen LogP contribution in [0.4, 0.5) is 8.78 Å². The van der Waals surface area contributed by atoms with E-state index in [1.165, 1.54) is 12.1 Å². The van der Waals surface area contributed by atoms with Crippen molar-refractivity contribution in [1.82, 2.24) is 0 Å². The van der Waals surface area contributed by atoms with E-state index in [0.29, 0.717) is 6.42 Å². The van der Waals surface area contributed by atoms with Crippen LogP contribution in [0.3, 0.4) is 0 Å². The molecule has 0 bridgehead atoms. The Balaban J connectivity index is 1.97. The van der Waals surface area contributed by atoms with Crippen LogP contribution >= 0.6 is 0 Å². The van der Waals surface area contributed by atoms with Crippen LogP contribution in [0.5, 0.6) is 0 Å². The molecule has 1 aromatic carbocycles. The zero-order valence-electron chi connectivity index (χ0n) is 10.6. The van der Waals surface area contributed by atoms with E-state index in [0.717, 1.165) is 5.56 Å². The molecule has 1 unspecified atom stereocenters. The number of rotatable bonds is 4. The molecule has 1 aromatic rings. The summed E-state index contributed by atoms with van der Waals surface area (Å²) in [7, 11) is -3.85. The average Bonchev–Trinajstić information content (AvgIpc) is 2.67. The van der Waals surface area contributed by atoms with Gasteiger partial charge in [0.25, 0.3) is 10.1 Å². The quantitative estimate of drug-likeness (QED) is 0.800. The molecule has 0 heterocycles. The summed E-state index contributed by atoms with van der Waals surface area (Å²) in [5.41, 5.74) is 0.939. The molecule has 0 spiro atoms. The van der Waals surface area contributed by atoms with Crippen LogP contribution in [-0.4, -0.2) is 20.9 Å². The highest BCUT2D eigenvalue weighted by atomic mass is 32.2. The molecule has 0 amide bonds.